The number of aryl methyl sites for hydroxylation is 1. The lowest BCUT2D eigenvalue weighted by atomic mass is 9.98. The average molecular weight is 228 g/mol. The van der Waals surface area contributed by atoms with Crippen LogP contribution in [0.25, 0.3) is 11.4 Å². The highest BCUT2D eigenvalue weighted by molar-refractivity contribution is 5.54. The molecule has 0 fully saturated rings. The van der Waals surface area contributed by atoms with Gasteiger partial charge in [0.1, 0.15) is 5.82 Å². The molecule has 2 N–H and O–H groups in total. The van der Waals surface area contributed by atoms with E-state index in [1.54, 1.807) is 0 Å². The van der Waals surface area contributed by atoms with Gasteiger partial charge in [0.05, 0.1) is 0 Å². The summed E-state index contributed by atoms with van der Waals surface area (Å²) < 4.78 is 2.02. The minimum absolute atomic E-state index is 0.565. The average Bonchev–Trinajstić information content (AvgIpc) is 2.82. The molecule has 0 spiro atoms. The first-order chi connectivity index (χ1) is 8.36. The Morgan fingerprint density at radius 2 is 2.12 bits per heavy atom. The predicted molar refractivity (Wildman–Crippen MR) is 66.3 cm³/mol. The summed E-state index contributed by atoms with van der Waals surface area (Å²) in [7, 11) is 0. The van der Waals surface area contributed by atoms with E-state index in [0.29, 0.717) is 5.92 Å². The van der Waals surface area contributed by atoms with Gasteiger partial charge in [-0.3, -0.25) is 0 Å². The van der Waals surface area contributed by atoms with Crippen LogP contribution in [0.5, 0.6) is 0 Å². The van der Waals surface area contributed by atoms with Crippen molar-refractivity contribution >= 4 is 0 Å². The maximum atomic E-state index is 5.72. The predicted octanol–water partition coefficient (Wildman–Crippen LogP) is 1.47. The van der Waals surface area contributed by atoms with Gasteiger partial charge in [0, 0.05) is 18.5 Å². The molecule has 1 aliphatic heterocycles. The van der Waals surface area contributed by atoms with Crippen LogP contribution in [0.4, 0.5) is 0 Å². The lowest BCUT2D eigenvalue weighted by Crippen LogP contribution is -2.25. The highest BCUT2D eigenvalue weighted by atomic mass is 15.3. The first-order valence-corrected chi connectivity index (χ1v) is 6.06. The molecule has 1 unspecified atom stereocenters. The minimum atomic E-state index is 0.565. The third-order valence-electron chi connectivity index (χ3n) is 3.33. The molecule has 2 heterocycles. The van der Waals surface area contributed by atoms with Crippen LogP contribution >= 0.6 is 0 Å². The van der Waals surface area contributed by atoms with Crippen molar-refractivity contribution in [3.8, 4) is 11.4 Å². The van der Waals surface area contributed by atoms with Crippen LogP contribution in [0.3, 0.4) is 0 Å². The molecule has 1 aromatic heterocycles. The van der Waals surface area contributed by atoms with Gasteiger partial charge in [0.25, 0.3) is 0 Å². The van der Waals surface area contributed by atoms with Crippen LogP contribution in [-0.2, 0) is 13.0 Å². The van der Waals surface area contributed by atoms with Gasteiger partial charge in [-0.2, -0.15) is 5.10 Å². The van der Waals surface area contributed by atoms with Crippen LogP contribution in [0.2, 0.25) is 0 Å². The van der Waals surface area contributed by atoms with Gasteiger partial charge < -0.3 is 5.73 Å². The summed E-state index contributed by atoms with van der Waals surface area (Å²) in [6.45, 7) is 1.69. The van der Waals surface area contributed by atoms with E-state index in [1.165, 1.54) is 0 Å². The molecule has 0 saturated carbocycles. The van der Waals surface area contributed by atoms with Crippen molar-refractivity contribution < 1.29 is 0 Å². The second kappa shape index (κ2) is 4.30. The largest absolute Gasteiger partial charge is 0.330 e. The quantitative estimate of drug-likeness (QED) is 0.846. The molecule has 0 amide bonds. The first-order valence-electron chi connectivity index (χ1n) is 6.06. The number of nitrogens with two attached hydrogens (primary N) is 1. The fraction of sp³-hybridized carbons (Fsp3) is 0.385. The fourth-order valence-corrected chi connectivity index (χ4v) is 2.28. The Balaban J connectivity index is 1.93. The highest BCUT2D eigenvalue weighted by Crippen LogP contribution is 2.21. The summed E-state index contributed by atoms with van der Waals surface area (Å²) in [4.78, 5) is 4.62. The summed E-state index contributed by atoms with van der Waals surface area (Å²) in [5, 5.41) is 4.55. The maximum absolute atomic E-state index is 5.72. The van der Waals surface area contributed by atoms with Crippen molar-refractivity contribution in [2.75, 3.05) is 6.54 Å². The molecule has 1 aromatic carbocycles. The van der Waals surface area contributed by atoms with E-state index < -0.39 is 0 Å². The molecule has 3 rings (SSSR count). The van der Waals surface area contributed by atoms with Crippen molar-refractivity contribution in [1.29, 1.82) is 0 Å². The van der Waals surface area contributed by atoms with Crippen LogP contribution < -0.4 is 5.73 Å². The summed E-state index contributed by atoms with van der Waals surface area (Å²) >= 11 is 0. The molecule has 88 valence electrons. The Kier molecular flexibility index (Phi) is 2.65. The standard InChI is InChI=1S/C13H16N4/c14-9-10-6-7-17-12(8-10)15-13(16-17)11-4-2-1-3-5-11/h1-5,10H,6-9,14H2. The first kappa shape index (κ1) is 10.5. The monoisotopic (exact) mass is 228 g/mol. The van der Waals surface area contributed by atoms with Crippen molar-refractivity contribution in [2.45, 2.75) is 19.4 Å². The van der Waals surface area contributed by atoms with E-state index in [0.717, 1.165) is 43.1 Å². The van der Waals surface area contributed by atoms with Gasteiger partial charge in [0.2, 0.25) is 0 Å². The number of hydrogen-bond acceptors (Lipinski definition) is 3. The van der Waals surface area contributed by atoms with Gasteiger partial charge >= 0.3 is 0 Å². The summed E-state index contributed by atoms with van der Waals surface area (Å²) in [6, 6.07) is 10.1. The molecule has 0 bridgehead atoms. The van der Waals surface area contributed by atoms with Gasteiger partial charge in [0.15, 0.2) is 5.82 Å². The SMILES string of the molecule is NCC1CCn2nc(-c3ccccc3)nc2C1. The van der Waals surface area contributed by atoms with Crippen molar-refractivity contribution in [2.24, 2.45) is 11.7 Å². The third kappa shape index (κ3) is 1.96. The summed E-state index contributed by atoms with van der Waals surface area (Å²) in [5.41, 5.74) is 6.80. The smallest absolute Gasteiger partial charge is 0.181 e. The van der Waals surface area contributed by atoms with E-state index in [2.05, 4.69) is 10.1 Å². The second-order valence-electron chi connectivity index (χ2n) is 4.54. The fourth-order valence-electron chi connectivity index (χ4n) is 2.28. The number of benzene rings is 1. The van der Waals surface area contributed by atoms with Crippen LogP contribution in [0.1, 0.15) is 12.2 Å². The normalized spacial score (nSPS) is 19.0. The van der Waals surface area contributed by atoms with Crippen molar-refractivity contribution in [1.82, 2.24) is 14.8 Å². The number of hydrogen-bond donors (Lipinski definition) is 1. The number of rotatable bonds is 2. The van der Waals surface area contributed by atoms with Crippen LogP contribution in [0, 0.1) is 5.92 Å². The third-order valence-corrected chi connectivity index (χ3v) is 3.33. The van der Waals surface area contributed by atoms with Crippen LogP contribution in [0.15, 0.2) is 30.3 Å². The molecule has 4 nitrogen and oxygen atoms in total. The number of fused-ring (bicyclic) bond motifs is 1. The Hall–Kier alpha value is -1.68. The molecule has 0 aliphatic carbocycles. The molecular weight excluding hydrogens is 212 g/mol. The molecule has 0 saturated heterocycles. The lowest BCUT2D eigenvalue weighted by Gasteiger charge is -2.19. The van der Waals surface area contributed by atoms with Gasteiger partial charge in [-0.1, -0.05) is 30.3 Å². The molecule has 2 aromatic rings. The highest BCUT2D eigenvalue weighted by Gasteiger charge is 2.21. The summed E-state index contributed by atoms with van der Waals surface area (Å²) in [5.74, 6) is 2.47. The van der Waals surface area contributed by atoms with Crippen LogP contribution in [-0.4, -0.2) is 21.3 Å². The second-order valence-corrected chi connectivity index (χ2v) is 4.54. The molecule has 4 heteroatoms. The van der Waals surface area contributed by atoms with Gasteiger partial charge in [-0.05, 0) is 18.9 Å². The molecule has 1 aliphatic rings. The minimum Gasteiger partial charge on any atom is -0.330 e. The zero-order valence-corrected chi connectivity index (χ0v) is 9.71. The molecule has 0 radical (unpaired) electrons. The van der Waals surface area contributed by atoms with Crippen molar-refractivity contribution in [3.05, 3.63) is 36.2 Å². The van der Waals surface area contributed by atoms with E-state index in [1.807, 2.05) is 35.0 Å². The van der Waals surface area contributed by atoms with Crippen molar-refractivity contribution in [3.63, 3.8) is 0 Å². The van der Waals surface area contributed by atoms with E-state index in [-0.39, 0.29) is 0 Å². The molecular formula is C13H16N4. The maximum Gasteiger partial charge on any atom is 0.181 e. The Bertz CT molecular complexity index is 503. The van der Waals surface area contributed by atoms with E-state index in [4.69, 9.17) is 5.73 Å². The van der Waals surface area contributed by atoms with Gasteiger partial charge in [-0.25, -0.2) is 9.67 Å². The lowest BCUT2D eigenvalue weighted by molar-refractivity contribution is 0.369. The Morgan fingerprint density at radius 1 is 1.29 bits per heavy atom. The Labute approximate surface area is 100 Å². The van der Waals surface area contributed by atoms with Gasteiger partial charge in [-0.15, -0.1) is 0 Å². The van der Waals surface area contributed by atoms with E-state index in [9.17, 15) is 0 Å². The zero-order valence-electron chi connectivity index (χ0n) is 9.71. The zero-order chi connectivity index (χ0) is 11.7. The van der Waals surface area contributed by atoms with E-state index >= 15 is 0 Å². The topological polar surface area (TPSA) is 56.7 Å². The summed E-state index contributed by atoms with van der Waals surface area (Å²) in [6.07, 6.45) is 2.07. The number of aromatic nitrogens is 3. The molecule has 1 atom stereocenters. The Morgan fingerprint density at radius 3 is 2.88 bits per heavy atom. The molecule has 17 heavy (non-hydrogen) atoms. The number of nitrogens with zero attached hydrogens (tertiary/aromatic N) is 3.